The van der Waals surface area contributed by atoms with E-state index in [-0.39, 0.29) is 6.04 Å². The van der Waals surface area contributed by atoms with Crippen LogP contribution in [0, 0.1) is 0 Å². The monoisotopic (exact) mass is 396 g/mol. The first-order valence-electron chi connectivity index (χ1n) is 8.91. The summed E-state index contributed by atoms with van der Waals surface area (Å²) < 4.78 is 2.05. The fourth-order valence-electron chi connectivity index (χ4n) is 2.55. The lowest BCUT2D eigenvalue weighted by Crippen LogP contribution is -2.40. The Kier molecular flexibility index (Phi) is 8.19. The number of rotatable bonds is 8. The van der Waals surface area contributed by atoms with Crippen molar-refractivity contribution in [3.05, 3.63) is 46.0 Å². The first kappa shape index (κ1) is 20.5. The number of hydrogen-bond donors (Lipinski definition) is 2. The molecule has 2 rings (SSSR count). The van der Waals surface area contributed by atoms with Crippen LogP contribution in [0.15, 0.2) is 29.5 Å². The zero-order chi connectivity index (χ0) is 18.9. The van der Waals surface area contributed by atoms with Gasteiger partial charge in [0.15, 0.2) is 5.96 Å². The van der Waals surface area contributed by atoms with Gasteiger partial charge >= 0.3 is 0 Å². The smallest absolute Gasteiger partial charge is 0.191 e. The van der Waals surface area contributed by atoms with Gasteiger partial charge in [-0.15, -0.1) is 10.2 Å². The largest absolute Gasteiger partial charge is 0.355 e. The molecule has 26 heavy (non-hydrogen) atoms. The van der Waals surface area contributed by atoms with Gasteiger partial charge < -0.3 is 15.2 Å². The van der Waals surface area contributed by atoms with E-state index >= 15 is 0 Å². The molecule has 1 atom stereocenters. The molecule has 0 radical (unpaired) electrons. The molecule has 0 amide bonds. The SMILES string of the molecule is CCCN=C(NCCn1cnnc1CC)NC(C)c1ccc(Cl)cc1Cl. The van der Waals surface area contributed by atoms with Crippen molar-refractivity contribution >= 4 is 29.2 Å². The quantitative estimate of drug-likeness (QED) is 0.525. The first-order valence-corrected chi connectivity index (χ1v) is 9.67. The Morgan fingerprint density at radius 3 is 2.81 bits per heavy atom. The summed E-state index contributed by atoms with van der Waals surface area (Å²) in [5.74, 6) is 1.74. The fraction of sp³-hybridized carbons (Fsp3) is 0.500. The number of aryl methyl sites for hydroxylation is 1. The van der Waals surface area contributed by atoms with Crippen LogP contribution in [0.5, 0.6) is 0 Å². The van der Waals surface area contributed by atoms with Gasteiger partial charge in [0.25, 0.3) is 0 Å². The molecular weight excluding hydrogens is 371 g/mol. The maximum absolute atomic E-state index is 6.32. The molecule has 0 bridgehead atoms. The Morgan fingerprint density at radius 2 is 2.12 bits per heavy atom. The summed E-state index contributed by atoms with van der Waals surface area (Å²) in [5.41, 5.74) is 0.981. The predicted molar refractivity (Wildman–Crippen MR) is 108 cm³/mol. The van der Waals surface area contributed by atoms with Crippen molar-refractivity contribution < 1.29 is 0 Å². The molecule has 1 unspecified atom stereocenters. The second kappa shape index (κ2) is 10.4. The average Bonchev–Trinajstić information content (AvgIpc) is 3.06. The maximum atomic E-state index is 6.32. The number of aromatic nitrogens is 3. The van der Waals surface area contributed by atoms with Gasteiger partial charge in [-0.05, 0) is 31.0 Å². The van der Waals surface area contributed by atoms with Crippen molar-refractivity contribution in [2.75, 3.05) is 13.1 Å². The molecule has 0 spiro atoms. The summed E-state index contributed by atoms with van der Waals surface area (Å²) in [6.45, 7) is 8.48. The number of halogens is 2. The molecule has 0 aliphatic rings. The Labute approximate surface area is 165 Å². The van der Waals surface area contributed by atoms with Gasteiger partial charge in [0.05, 0.1) is 6.04 Å². The zero-order valence-electron chi connectivity index (χ0n) is 15.5. The lowest BCUT2D eigenvalue weighted by Gasteiger charge is -2.20. The molecule has 0 saturated carbocycles. The fourth-order valence-corrected chi connectivity index (χ4v) is 3.12. The normalized spacial score (nSPS) is 12.9. The molecule has 2 N–H and O–H groups in total. The van der Waals surface area contributed by atoms with Crippen LogP contribution < -0.4 is 10.6 Å². The summed E-state index contributed by atoms with van der Waals surface area (Å²) in [6.07, 6.45) is 3.60. The Hall–Kier alpha value is -1.79. The number of aliphatic imine (C=N–C) groups is 1. The van der Waals surface area contributed by atoms with Gasteiger partial charge in [0.2, 0.25) is 0 Å². The number of hydrogen-bond acceptors (Lipinski definition) is 3. The van der Waals surface area contributed by atoms with E-state index in [0.29, 0.717) is 10.0 Å². The van der Waals surface area contributed by atoms with Crippen molar-refractivity contribution in [1.29, 1.82) is 0 Å². The van der Waals surface area contributed by atoms with E-state index in [0.717, 1.165) is 49.8 Å². The van der Waals surface area contributed by atoms with Gasteiger partial charge in [-0.1, -0.05) is 43.1 Å². The van der Waals surface area contributed by atoms with Gasteiger partial charge in [0.1, 0.15) is 12.2 Å². The van der Waals surface area contributed by atoms with E-state index in [1.807, 2.05) is 23.6 Å². The molecule has 1 heterocycles. The Balaban J connectivity index is 1.98. The average molecular weight is 397 g/mol. The van der Waals surface area contributed by atoms with Crippen molar-refractivity contribution in [1.82, 2.24) is 25.4 Å². The highest BCUT2D eigenvalue weighted by Crippen LogP contribution is 2.25. The highest BCUT2D eigenvalue weighted by atomic mass is 35.5. The topological polar surface area (TPSA) is 67.1 Å². The van der Waals surface area contributed by atoms with E-state index in [9.17, 15) is 0 Å². The standard InChI is InChI=1S/C18H26Cl2N6/c1-4-8-21-18(22-9-10-26-12-23-25-17(26)5-2)24-13(3)15-7-6-14(19)11-16(15)20/h6-7,11-13H,4-5,8-10H2,1-3H3,(H2,21,22,24). The third-order valence-corrected chi connectivity index (χ3v) is 4.50. The van der Waals surface area contributed by atoms with E-state index in [4.69, 9.17) is 23.2 Å². The maximum Gasteiger partial charge on any atom is 0.191 e. The van der Waals surface area contributed by atoms with Crippen LogP contribution in [0.2, 0.25) is 10.0 Å². The molecule has 0 aliphatic carbocycles. The first-order chi connectivity index (χ1) is 12.5. The Bertz CT molecular complexity index is 728. The number of nitrogens with zero attached hydrogens (tertiary/aromatic N) is 4. The second-order valence-corrected chi connectivity index (χ2v) is 6.83. The molecule has 0 saturated heterocycles. The summed E-state index contributed by atoms with van der Waals surface area (Å²) in [4.78, 5) is 4.60. The minimum Gasteiger partial charge on any atom is -0.355 e. The van der Waals surface area contributed by atoms with Crippen molar-refractivity contribution in [2.24, 2.45) is 4.99 Å². The van der Waals surface area contributed by atoms with Crippen LogP contribution in [0.3, 0.4) is 0 Å². The van der Waals surface area contributed by atoms with Crippen LogP contribution in [0.25, 0.3) is 0 Å². The van der Waals surface area contributed by atoms with Crippen LogP contribution in [-0.4, -0.2) is 33.8 Å². The highest BCUT2D eigenvalue weighted by molar-refractivity contribution is 6.35. The predicted octanol–water partition coefficient (Wildman–Crippen LogP) is 3.85. The summed E-state index contributed by atoms with van der Waals surface area (Å²) in [7, 11) is 0. The molecule has 142 valence electrons. The minimum atomic E-state index is 0.00369. The molecule has 6 nitrogen and oxygen atoms in total. The van der Waals surface area contributed by atoms with E-state index in [2.05, 4.69) is 39.7 Å². The highest BCUT2D eigenvalue weighted by Gasteiger charge is 2.12. The van der Waals surface area contributed by atoms with Gasteiger partial charge in [-0.2, -0.15) is 0 Å². The summed E-state index contributed by atoms with van der Waals surface area (Å²) >= 11 is 12.3. The summed E-state index contributed by atoms with van der Waals surface area (Å²) in [6, 6.07) is 5.54. The lowest BCUT2D eigenvalue weighted by molar-refractivity contribution is 0.619. The molecule has 0 aliphatic heterocycles. The van der Waals surface area contributed by atoms with Crippen LogP contribution in [0.1, 0.15) is 44.6 Å². The number of benzene rings is 1. The van der Waals surface area contributed by atoms with E-state index < -0.39 is 0 Å². The third-order valence-electron chi connectivity index (χ3n) is 3.93. The number of guanidine groups is 1. The second-order valence-electron chi connectivity index (χ2n) is 5.98. The van der Waals surface area contributed by atoms with Gasteiger partial charge in [0, 0.05) is 36.1 Å². The minimum absolute atomic E-state index is 0.00369. The molecule has 8 heteroatoms. The van der Waals surface area contributed by atoms with E-state index in [1.54, 1.807) is 12.4 Å². The van der Waals surface area contributed by atoms with Crippen molar-refractivity contribution in [2.45, 2.75) is 46.2 Å². The lowest BCUT2D eigenvalue weighted by atomic mass is 10.1. The van der Waals surface area contributed by atoms with Crippen LogP contribution in [-0.2, 0) is 13.0 Å². The van der Waals surface area contributed by atoms with Gasteiger partial charge in [-0.25, -0.2) is 0 Å². The van der Waals surface area contributed by atoms with Crippen molar-refractivity contribution in [3.63, 3.8) is 0 Å². The number of nitrogens with one attached hydrogen (secondary N) is 2. The molecular formula is C18H26Cl2N6. The van der Waals surface area contributed by atoms with E-state index in [1.165, 1.54) is 0 Å². The molecule has 2 aromatic rings. The molecule has 0 fully saturated rings. The van der Waals surface area contributed by atoms with Crippen LogP contribution in [0.4, 0.5) is 0 Å². The van der Waals surface area contributed by atoms with Crippen molar-refractivity contribution in [3.8, 4) is 0 Å². The van der Waals surface area contributed by atoms with Gasteiger partial charge in [-0.3, -0.25) is 4.99 Å². The third kappa shape index (κ3) is 5.88. The van der Waals surface area contributed by atoms with Crippen LogP contribution >= 0.6 is 23.2 Å². The zero-order valence-corrected chi connectivity index (χ0v) is 17.0. The summed E-state index contributed by atoms with van der Waals surface area (Å²) in [5, 5.41) is 16.1. The molecule has 1 aromatic heterocycles. The Morgan fingerprint density at radius 1 is 1.31 bits per heavy atom. The molecule has 1 aromatic carbocycles.